The van der Waals surface area contributed by atoms with Gasteiger partial charge in [-0.1, -0.05) is 92.1 Å². The van der Waals surface area contributed by atoms with Crippen LogP contribution < -0.4 is 0 Å². The van der Waals surface area contributed by atoms with Crippen LogP contribution in [0.25, 0.3) is 0 Å². The quantitative estimate of drug-likeness (QED) is 0.276. The highest BCUT2D eigenvalue weighted by atomic mass is 28.3. The Morgan fingerprint density at radius 2 is 1.04 bits per heavy atom. The van der Waals surface area contributed by atoms with Gasteiger partial charge in [-0.3, -0.25) is 0 Å². The predicted molar refractivity (Wildman–Crippen MR) is 122 cm³/mol. The van der Waals surface area contributed by atoms with Crippen LogP contribution in [0.4, 0.5) is 0 Å². The van der Waals surface area contributed by atoms with Crippen LogP contribution >= 0.6 is 0 Å². The highest BCUT2D eigenvalue weighted by molar-refractivity contribution is 6.75. The summed E-state index contributed by atoms with van der Waals surface area (Å²) in [5.74, 6) is 0. The molecule has 0 heterocycles. The number of aryl methyl sites for hydroxylation is 1. The van der Waals surface area contributed by atoms with E-state index in [1.807, 2.05) is 0 Å². The van der Waals surface area contributed by atoms with Crippen LogP contribution in [0.2, 0.25) is 19.6 Å². The van der Waals surface area contributed by atoms with Crippen LogP contribution in [0.3, 0.4) is 0 Å². The number of hydrogen-bond donors (Lipinski definition) is 0. The van der Waals surface area contributed by atoms with Gasteiger partial charge >= 0.3 is 0 Å². The Bertz CT molecular complexity index is 656. The zero-order valence-corrected chi connectivity index (χ0v) is 19.3. The van der Waals surface area contributed by atoms with E-state index in [-0.39, 0.29) is 0 Å². The van der Waals surface area contributed by atoms with Gasteiger partial charge in [-0.2, -0.15) is 0 Å². The van der Waals surface area contributed by atoms with Crippen molar-refractivity contribution in [3.63, 3.8) is 0 Å². The summed E-state index contributed by atoms with van der Waals surface area (Å²) in [5, 5.41) is 0. The maximum atomic E-state index is 5.83. The molecule has 0 unspecified atom stereocenters. The molecule has 0 N–H and O–H groups in total. The maximum Gasteiger partial charge on any atom is 0.0716 e. The predicted octanol–water partition coefficient (Wildman–Crippen LogP) is 6.71. The average molecular weight is 399 g/mol. The molecule has 0 atom stereocenters. The van der Waals surface area contributed by atoms with Crippen molar-refractivity contribution in [2.45, 2.75) is 71.5 Å². The Morgan fingerprint density at radius 1 is 0.607 bits per heavy atom. The zero-order valence-electron chi connectivity index (χ0n) is 18.3. The van der Waals surface area contributed by atoms with Crippen LogP contribution in [0.1, 0.15) is 47.9 Å². The van der Waals surface area contributed by atoms with Crippen LogP contribution in [0, 0.1) is 6.92 Å². The molecule has 3 heteroatoms. The van der Waals surface area contributed by atoms with E-state index in [0.29, 0.717) is 0 Å². The van der Waals surface area contributed by atoms with Crippen molar-refractivity contribution in [3.05, 3.63) is 70.8 Å². The Balaban J connectivity index is 1.44. The Kier molecular flexibility index (Phi) is 9.97. The molecule has 0 aliphatic rings. The third-order valence-electron chi connectivity index (χ3n) is 4.74. The minimum absolute atomic E-state index is 0.722. The summed E-state index contributed by atoms with van der Waals surface area (Å²) in [6, 6.07) is 18.8. The van der Waals surface area contributed by atoms with E-state index in [1.54, 1.807) is 0 Å². The van der Waals surface area contributed by atoms with Gasteiger partial charge in [-0.25, -0.2) is 0 Å². The van der Waals surface area contributed by atoms with Gasteiger partial charge in [-0.15, -0.1) is 0 Å². The van der Waals surface area contributed by atoms with E-state index in [1.165, 1.54) is 41.1 Å². The van der Waals surface area contributed by atoms with Crippen molar-refractivity contribution in [2.24, 2.45) is 0 Å². The Labute approximate surface area is 173 Å². The number of benzene rings is 2. The van der Waals surface area contributed by atoms with Crippen LogP contribution in [0.15, 0.2) is 48.5 Å². The molecule has 0 aliphatic heterocycles. The Morgan fingerprint density at radius 3 is 1.50 bits per heavy atom. The van der Waals surface area contributed by atoms with Crippen LogP contribution in [-0.2, 0) is 28.7 Å². The van der Waals surface area contributed by atoms with Gasteiger partial charge < -0.3 is 9.47 Å². The lowest BCUT2D eigenvalue weighted by Crippen LogP contribution is -2.23. The molecule has 0 saturated heterocycles. The molecule has 0 fully saturated rings. The van der Waals surface area contributed by atoms with Gasteiger partial charge in [0.05, 0.1) is 13.2 Å². The first-order chi connectivity index (χ1) is 13.4. The molecule has 28 heavy (non-hydrogen) atoms. The van der Waals surface area contributed by atoms with E-state index in [4.69, 9.17) is 9.47 Å². The van der Waals surface area contributed by atoms with Gasteiger partial charge in [0.25, 0.3) is 0 Å². The minimum Gasteiger partial charge on any atom is -0.377 e. The molecule has 0 amide bonds. The Hall–Kier alpha value is -1.42. The number of ether oxygens (including phenoxy) is 2. The first-order valence-corrected chi connectivity index (χ1v) is 14.4. The van der Waals surface area contributed by atoms with Gasteiger partial charge in [0, 0.05) is 21.3 Å². The van der Waals surface area contributed by atoms with E-state index in [2.05, 4.69) is 75.1 Å². The summed E-state index contributed by atoms with van der Waals surface area (Å²) in [6.07, 6.45) is 4.68. The van der Waals surface area contributed by atoms with Crippen LogP contribution in [-0.4, -0.2) is 21.3 Å². The summed E-state index contributed by atoms with van der Waals surface area (Å²) in [7, 11) is -1.03. The molecule has 154 valence electrons. The fourth-order valence-electron chi connectivity index (χ4n) is 3.19. The normalized spacial score (nSPS) is 11.7. The molecule has 0 radical (unpaired) electrons. The third-order valence-corrected chi connectivity index (χ3v) is 6.21. The maximum absolute atomic E-state index is 5.83. The summed E-state index contributed by atoms with van der Waals surface area (Å²) in [4.78, 5) is 0. The zero-order chi connectivity index (χ0) is 20.2. The van der Waals surface area contributed by atoms with Gasteiger partial charge in [0.15, 0.2) is 0 Å². The number of hydrogen-bond acceptors (Lipinski definition) is 2. The topological polar surface area (TPSA) is 18.5 Å². The van der Waals surface area contributed by atoms with Crippen molar-refractivity contribution < 1.29 is 9.47 Å². The first kappa shape index (κ1) is 22.9. The van der Waals surface area contributed by atoms with E-state index in [9.17, 15) is 0 Å². The highest BCUT2D eigenvalue weighted by Gasteiger charge is 2.13. The minimum atomic E-state index is -1.03. The summed E-state index contributed by atoms with van der Waals surface area (Å²) >= 11 is 0. The molecule has 0 aromatic heterocycles. The molecule has 0 spiro atoms. The molecule has 2 nitrogen and oxygen atoms in total. The second kappa shape index (κ2) is 12.2. The number of unbranched alkanes of at least 4 members (excludes halogenated alkanes) is 3. The van der Waals surface area contributed by atoms with Gasteiger partial charge in [0.1, 0.15) is 0 Å². The largest absolute Gasteiger partial charge is 0.377 e. The fourth-order valence-corrected chi connectivity index (χ4v) is 4.65. The molecular formula is C25H38O2Si. The van der Waals surface area contributed by atoms with Gasteiger partial charge in [0.2, 0.25) is 0 Å². The smallest absolute Gasteiger partial charge is 0.0716 e. The monoisotopic (exact) mass is 398 g/mol. The van der Waals surface area contributed by atoms with Crippen molar-refractivity contribution in [2.75, 3.05) is 13.2 Å². The lowest BCUT2D eigenvalue weighted by Gasteiger charge is -2.15. The third kappa shape index (κ3) is 10.2. The molecular weight excluding hydrogens is 360 g/mol. The molecule has 0 saturated carbocycles. The highest BCUT2D eigenvalue weighted by Crippen LogP contribution is 2.13. The van der Waals surface area contributed by atoms with Crippen molar-refractivity contribution in [1.82, 2.24) is 0 Å². The van der Waals surface area contributed by atoms with Crippen molar-refractivity contribution in [1.29, 1.82) is 0 Å². The van der Waals surface area contributed by atoms with E-state index in [0.717, 1.165) is 39.3 Å². The molecule has 2 rings (SSSR count). The van der Waals surface area contributed by atoms with Crippen molar-refractivity contribution in [3.8, 4) is 0 Å². The summed E-state index contributed by atoms with van der Waals surface area (Å²) in [6.45, 7) is 12.5. The van der Waals surface area contributed by atoms with Gasteiger partial charge in [-0.05, 0) is 36.9 Å². The fraction of sp³-hybridized carbons (Fsp3) is 0.520. The second-order valence-electron chi connectivity index (χ2n) is 9.06. The molecule has 2 aromatic carbocycles. The van der Waals surface area contributed by atoms with Crippen LogP contribution in [0.5, 0.6) is 0 Å². The second-order valence-corrected chi connectivity index (χ2v) is 14.5. The van der Waals surface area contributed by atoms with Crippen molar-refractivity contribution >= 4 is 8.07 Å². The SMILES string of the molecule is Cc1ccc(COCCCCCCOCc2ccc(C[Si](C)(C)C)cc2)cc1. The number of rotatable bonds is 13. The lowest BCUT2D eigenvalue weighted by molar-refractivity contribution is 0.108. The standard InChI is InChI=1S/C25H38O2Si/c1-22-9-11-23(12-10-22)19-26-17-7-5-6-8-18-27-20-24-13-15-25(16-14-24)21-28(2,3)4/h9-16H,5-8,17-21H2,1-4H3. The summed E-state index contributed by atoms with van der Waals surface area (Å²) < 4.78 is 11.6. The molecule has 0 aliphatic carbocycles. The lowest BCUT2D eigenvalue weighted by atomic mass is 10.1. The first-order valence-electron chi connectivity index (χ1n) is 10.7. The molecule has 0 bridgehead atoms. The van der Waals surface area contributed by atoms with E-state index >= 15 is 0 Å². The average Bonchev–Trinajstić information content (AvgIpc) is 2.65. The summed E-state index contributed by atoms with van der Waals surface area (Å²) in [5.41, 5.74) is 5.30. The molecule has 2 aromatic rings. The van der Waals surface area contributed by atoms with E-state index < -0.39 is 8.07 Å².